The first-order valence-corrected chi connectivity index (χ1v) is 12.7. The molecule has 0 aliphatic carbocycles. The zero-order chi connectivity index (χ0) is 23.9. The van der Waals surface area contributed by atoms with Crippen molar-refractivity contribution in [2.45, 2.75) is 17.1 Å². The highest BCUT2D eigenvalue weighted by molar-refractivity contribution is 14.1. The number of anilines is 2. The third kappa shape index (κ3) is 6.48. The fourth-order valence-electron chi connectivity index (χ4n) is 3.30. The van der Waals surface area contributed by atoms with E-state index in [0.717, 1.165) is 25.3 Å². The lowest BCUT2D eigenvalue weighted by molar-refractivity contribution is -0.115. The average molecular weight is 578 g/mol. The summed E-state index contributed by atoms with van der Waals surface area (Å²) in [7, 11) is 0. The number of rotatable bonds is 7. The van der Waals surface area contributed by atoms with Crippen molar-refractivity contribution in [1.82, 2.24) is 0 Å². The first-order chi connectivity index (χ1) is 16.5. The minimum atomic E-state index is -0.423. The molecule has 0 fully saturated rings. The Morgan fingerprint density at radius 2 is 1.32 bits per heavy atom. The van der Waals surface area contributed by atoms with Crippen LogP contribution in [0.5, 0.6) is 0 Å². The van der Waals surface area contributed by atoms with Gasteiger partial charge in [0, 0.05) is 25.4 Å². The summed E-state index contributed by atoms with van der Waals surface area (Å²) in [5, 5.41) is 5.53. The number of thioether (sulfide) groups is 1. The zero-order valence-corrected chi connectivity index (χ0v) is 21.5. The predicted octanol–water partition coefficient (Wildman–Crippen LogP) is 7.32. The smallest absolute Gasteiger partial charge is 0.255 e. The molecule has 4 nitrogen and oxygen atoms in total. The lowest BCUT2D eigenvalue weighted by Gasteiger charge is -2.17. The Morgan fingerprint density at radius 3 is 1.97 bits per heavy atom. The molecule has 34 heavy (non-hydrogen) atoms. The Balaban J connectivity index is 1.47. The monoisotopic (exact) mass is 578 g/mol. The van der Waals surface area contributed by atoms with Gasteiger partial charge >= 0.3 is 0 Å². The summed E-state index contributed by atoms with van der Waals surface area (Å²) in [5.41, 5.74) is 4.11. The third-order valence-electron chi connectivity index (χ3n) is 5.13. The minimum absolute atomic E-state index is 0.0887. The maximum Gasteiger partial charge on any atom is 0.255 e. The molecular weight excluding hydrogens is 555 g/mol. The number of nitrogens with one attached hydrogen (secondary N) is 2. The van der Waals surface area contributed by atoms with Crippen LogP contribution in [0.3, 0.4) is 0 Å². The summed E-state index contributed by atoms with van der Waals surface area (Å²) < 4.78 is 1.11. The van der Waals surface area contributed by atoms with Crippen molar-refractivity contribution in [3.05, 3.63) is 123 Å². The van der Waals surface area contributed by atoms with E-state index in [1.807, 2.05) is 110 Å². The van der Waals surface area contributed by atoms with Crippen LogP contribution in [0.4, 0.5) is 11.4 Å². The van der Waals surface area contributed by atoms with E-state index in [9.17, 15) is 9.59 Å². The van der Waals surface area contributed by atoms with E-state index in [1.165, 1.54) is 11.8 Å². The Hall–Kier alpha value is -3.10. The van der Waals surface area contributed by atoms with Crippen molar-refractivity contribution in [2.24, 2.45) is 0 Å². The fourth-order valence-corrected chi connectivity index (χ4v) is 4.69. The summed E-state index contributed by atoms with van der Waals surface area (Å²) in [6.45, 7) is 1.99. The molecule has 1 atom stereocenters. The zero-order valence-electron chi connectivity index (χ0n) is 18.5. The van der Waals surface area contributed by atoms with Crippen LogP contribution >= 0.6 is 34.4 Å². The lowest BCUT2D eigenvalue weighted by Crippen LogP contribution is -2.19. The van der Waals surface area contributed by atoms with Crippen LogP contribution in [0.25, 0.3) is 0 Å². The van der Waals surface area contributed by atoms with Crippen molar-refractivity contribution in [3.8, 4) is 0 Å². The van der Waals surface area contributed by atoms with Gasteiger partial charge < -0.3 is 10.6 Å². The molecule has 2 N–H and O–H groups in total. The van der Waals surface area contributed by atoms with Gasteiger partial charge in [0.15, 0.2) is 0 Å². The molecule has 0 aliphatic heterocycles. The van der Waals surface area contributed by atoms with Crippen molar-refractivity contribution >= 4 is 57.5 Å². The number of carbonyl (C=O) groups excluding carboxylic acids is 2. The van der Waals surface area contributed by atoms with Crippen molar-refractivity contribution in [1.29, 1.82) is 0 Å². The van der Waals surface area contributed by atoms with Crippen LogP contribution in [-0.4, -0.2) is 11.8 Å². The lowest BCUT2D eigenvalue weighted by atomic mass is 10.1. The Morgan fingerprint density at radius 1 is 0.735 bits per heavy atom. The predicted molar refractivity (Wildman–Crippen MR) is 148 cm³/mol. The molecule has 1 unspecified atom stereocenters. The third-order valence-corrected chi connectivity index (χ3v) is 7.12. The molecule has 170 valence electrons. The first-order valence-electron chi connectivity index (χ1n) is 10.7. The number of carbonyl (C=O) groups is 2. The van der Waals surface area contributed by atoms with Gasteiger partial charge in [0.05, 0.1) is 0 Å². The largest absolute Gasteiger partial charge is 0.325 e. The van der Waals surface area contributed by atoms with Gasteiger partial charge in [-0.1, -0.05) is 48.0 Å². The molecule has 4 rings (SSSR count). The molecule has 0 bridgehead atoms. The Bertz CT molecular complexity index is 1260. The second-order valence-electron chi connectivity index (χ2n) is 7.75. The van der Waals surface area contributed by atoms with Crippen LogP contribution in [0.2, 0.25) is 0 Å². The maximum absolute atomic E-state index is 13.2. The number of hydrogen-bond acceptors (Lipinski definition) is 3. The maximum atomic E-state index is 13.2. The van der Waals surface area contributed by atoms with E-state index in [1.54, 1.807) is 0 Å². The van der Waals surface area contributed by atoms with E-state index in [-0.39, 0.29) is 11.8 Å². The molecule has 6 heteroatoms. The minimum Gasteiger partial charge on any atom is -0.325 e. The van der Waals surface area contributed by atoms with Gasteiger partial charge in [-0.3, -0.25) is 9.59 Å². The van der Waals surface area contributed by atoms with Crippen molar-refractivity contribution in [3.63, 3.8) is 0 Å². The van der Waals surface area contributed by atoms with Crippen LogP contribution in [0.15, 0.2) is 108 Å². The van der Waals surface area contributed by atoms with E-state index in [4.69, 9.17) is 0 Å². The van der Waals surface area contributed by atoms with Crippen LogP contribution < -0.4 is 10.6 Å². The van der Waals surface area contributed by atoms with Crippen molar-refractivity contribution < 1.29 is 9.59 Å². The standard InChI is InChI=1S/C28H23IN2O2S/c1-19-7-9-21(10-8-19)27(32)30-24-15-17-25(18-16-24)34-26(20-5-3-2-4-6-20)28(33)31-23-13-11-22(29)12-14-23/h2-18,26H,1H3,(H,30,32)(H,31,33). The van der Waals surface area contributed by atoms with E-state index >= 15 is 0 Å². The summed E-state index contributed by atoms with van der Waals surface area (Å²) in [5.74, 6) is -0.242. The van der Waals surface area contributed by atoms with Gasteiger partial charge in [0.1, 0.15) is 5.25 Å². The Kier molecular flexibility index (Phi) is 8.03. The molecule has 2 amide bonds. The molecule has 0 aromatic heterocycles. The summed E-state index contributed by atoms with van der Waals surface area (Å²) in [6.07, 6.45) is 0. The number of halogens is 1. The van der Waals surface area contributed by atoms with Crippen LogP contribution in [0, 0.1) is 10.5 Å². The van der Waals surface area contributed by atoms with Gasteiger partial charge in [-0.05, 0) is 95.7 Å². The quantitative estimate of drug-likeness (QED) is 0.179. The molecule has 4 aromatic rings. The average Bonchev–Trinajstić information content (AvgIpc) is 2.86. The highest BCUT2D eigenvalue weighted by Crippen LogP contribution is 2.36. The molecule has 0 spiro atoms. The molecule has 0 radical (unpaired) electrons. The normalized spacial score (nSPS) is 11.5. The summed E-state index contributed by atoms with van der Waals surface area (Å²) in [6, 6.07) is 32.5. The SMILES string of the molecule is Cc1ccc(C(=O)Nc2ccc(SC(C(=O)Nc3ccc(I)cc3)c3ccccc3)cc2)cc1. The summed E-state index contributed by atoms with van der Waals surface area (Å²) >= 11 is 3.71. The highest BCUT2D eigenvalue weighted by atomic mass is 127. The van der Waals surface area contributed by atoms with Crippen molar-refractivity contribution in [2.75, 3.05) is 10.6 Å². The van der Waals surface area contributed by atoms with Gasteiger partial charge in [-0.25, -0.2) is 0 Å². The van der Waals surface area contributed by atoms with E-state index < -0.39 is 5.25 Å². The number of benzene rings is 4. The second kappa shape index (κ2) is 11.4. The summed E-state index contributed by atoms with van der Waals surface area (Å²) in [4.78, 5) is 26.6. The second-order valence-corrected chi connectivity index (χ2v) is 10.2. The highest BCUT2D eigenvalue weighted by Gasteiger charge is 2.22. The van der Waals surface area contributed by atoms with Crippen LogP contribution in [-0.2, 0) is 4.79 Å². The molecule has 0 aliphatic rings. The van der Waals surface area contributed by atoms with Gasteiger partial charge in [-0.2, -0.15) is 0 Å². The molecule has 0 saturated carbocycles. The number of amides is 2. The van der Waals surface area contributed by atoms with Crippen LogP contribution in [0.1, 0.15) is 26.7 Å². The fraction of sp³-hybridized carbons (Fsp3) is 0.0714. The first kappa shape index (κ1) is 24.0. The van der Waals surface area contributed by atoms with Gasteiger partial charge in [0.25, 0.3) is 5.91 Å². The van der Waals surface area contributed by atoms with E-state index in [2.05, 4.69) is 33.2 Å². The topological polar surface area (TPSA) is 58.2 Å². The molecular formula is C28H23IN2O2S. The Labute approximate surface area is 217 Å². The molecule has 4 aromatic carbocycles. The van der Waals surface area contributed by atoms with Gasteiger partial charge in [0.2, 0.25) is 5.91 Å². The van der Waals surface area contributed by atoms with E-state index in [0.29, 0.717) is 11.3 Å². The molecule has 0 heterocycles. The number of aryl methyl sites for hydroxylation is 1. The molecule has 0 saturated heterocycles. The van der Waals surface area contributed by atoms with Gasteiger partial charge in [-0.15, -0.1) is 11.8 Å². The number of hydrogen-bond donors (Lipinski definition) is 2.